The normalized spacial score (nSPS) is 13.4. The van der Waals surface area contributed by atoms with Gasteiger partial charge in [-0.15, -0.1) is 11.3 Å². The second-order valence-electron chi connectivity index (χ2n) is 4.73. The van der Waals surface area contributed by atoms with E-state index in [2.05, 4.69) is 4.72 Å². The van der Waals surface area contributed by atoms with Crippen molar-refractivity contribution in [1.29, 1.82) is 0 Å². The molecule has 0 amide bonds. The van der Waals surface area contributed by atoms with Crippen molar-refractivity contribution < 1.29 is 27.7 Å². The van der Waals surface area contributed by atoms with Crippen molar-refractivity contribution in [3.8, 4) is 17.2 Å². The van der Waals surface area contributed by atoms with E-state index in [1.165, 1.54) is 25.3 Å². The Morgan fingerprint density at radius 3 is 2.96 bits per heavy atom. The molecule has 2 N–H and O–H groups in total. The van der Waals surface area contributed by atoms with Gasteiger partial charge in [0, 0.05) is 11.6 Å². The first kappa shape index (κ1) is 16.6. The number of ether oxygens (including phenoxy) is 3. The zero-order valence-corrected chi connectivity index (χ0v) is 14.3. The van der Waals surface area contributed by atoms with Gasteiger partial charge in [-0.3, -0.25) is 4.72 Å². The molecule has 3 rings (SSSR count). The van der Waals surface area contributed by atoms with E-state index in [9.17, 15) is 8.42 Å². The number of thiophene rings is 1. The summed E-state index contributed by atoms with van der Waals surface area (Å²) in [5.41, 5.74) is 0.713. The molecule has 0 saturated carbocycles. The van der Waals surface area contributed by atoms with Crippen LogP contribution in [0, 0.1) is 0 Å². The van der Waals surface area contributed by atoms with Crippen LogP contribution < -0.4 is 18.9 Å². The topological polar surface area (TPSA) is 94.1 Å². The maximum absolute atomic E-state index is 12.5. The predicted octanol–water partition coefficient (Wildman–Crippen LogP) is 2.29. The third-order valence-electron chi connectivity index (χ3n) is 3.26. The van der Waals surface area contributed by atoms with E-state index < -0.39 is 10.0 Å². The van der Waals surface area contributed by atoms with Crippen LogP contribution in [0.15, 0.2) is 33.9 Å². The Hall–Kier alpha value is -2.23. The molecule has 9 heteroatoms. The maximum Gasteiger partial charge on any atom is 0.271 e. The molecule has 0 fully saturated rings. The van der Waals surface area contributed by atoms with Gasteiger partial charge in [0.15, 0.2) is 11.5 Å². The first-order chi connectivity index (χ1) is 11.6. The van der Waals surface area contributed by atoms with Crippen LogP contribution in [0.1, 0.15) is 5.56 Å². The Labute approximate surface area is 143 Å². The summed E-state index contributed by atoms with van der Waals surface area (Å²) >= 11 is 1.11. The second-order valence-corrected chi connectivity index (χ2v) is 7.58. The molecule has 0 radical (unpaired) electrons. The molecule has 24 heavy (non-hydrogen) atoms. The number of aliphatic hydroxyl groups excluding tert-OH is 1. The largest absolute Gasteiger partial charge is 0.492 e. The lowest BCUT2D eigenvalue weighted by molar-refractivity contribution is 0.171. The number of hydrogen-bond donors (Lipinski definition) is 2. The van der Waals surface area contributed by atoms with Gasteiger partial charge in [0.05, 0.1) is 19.4 Å². The number of anilines is 1. The van der Waals surface area contributed by atoms with Crippen molar-refractivity contribution in [3.63, 3.8) is 0 Å². The molecular weight excluding hydrogens is 354 g/mol. The molecular formula is C15H15NO6S2. The molecule has 128 valence electrons. The van der Waals surface area contributed by atoms with E-state index in [1.807, 2.05) is 0 Å². The molecule has 1 aromatic carbocycles. The van der Waals surface area contributed by atoms with Crippen LogP contribution in [0.25, 0.3) is 6.08 Å². The van der Waals surface area contributed by atoms with Crippen molar-refractivity contribution in [3.05, 3.63) is 35.2 Å². The van der Waals surface area contributed by atoms with Gasteiger partial charge in [-0.25, -0.2) is 8.42 Å². The summed E-state index contributed by atoms with van der Waals surface area (Å²) in [5.74, 6) is 1.12. The summed E-state index contributed by atoms with van der Waals surface area (Å²) in [6.45, 7) is -0.176. The minimum Gasteiger partial charge on any atom is -0.492 e. The standard InChI is InChI=1S/C15H15NO6S2/c1-20-14-10(4-2-6-17)11(8-12-15(14)22-9-21-12)16-24(18,19)13-5-3-7-23-13/h2-5,7-8,16-17H,6,9H2,1H3. The number of fused-ring (bicyclic) bond motifs is 1. The Bertz CT molecular complexity index is 859. The molecule has 2 heterocycles. The minimum absolute atomic E-state index is 0.0238. The van der Waals surface area contributed by atoms with E-state index in [1.54, 1.807) is 17.5 Å². The first-order valence-electron chi connectivity index (χ1n) is 6.91. The second kappa shape index (κ2) is 6.71. The van der Waals surface area contributed by atoms with E-state index in [0.29, 0.717) is 22.8 Å². The zero-order chi connectivity index (χ0) is 17.2. The third kappa shape index (κ3) is 3.05. The van der Waals surface area contributed by atoms with Crippen LogP contribution in [0.2, 0.25) is 0 Å². The summed E-state index contributed by atoms with van der Waals surface area (Å²) in [7, 11) is -2.29. The quantitative estimate of drug-likeness (QED) is 0.811. The van der Waals surface area contributed by atoms with Crippen molar-refractivity contribution in [2.45, 2.75) is 4.21 Å². The smallest absolute Gasteiger partial charge is 0.271 e. The highest BCUT2D eigenvalue weighted by Crippen LogP contribution is 2.47. The number of benzene rings is 1. The Morgan fingerprint density at radius 2 is 2.29 bits per heavy atom. The summed E-state index contributed by atoms with van der Waals surface area (Å²) in [6, 6.07) is 4.71. The molecule has 0 aliphatic carbocycles. The molecule has 0 saturated heterocycles. The molecule has 1 aliphatic heterocycles. The number of aliphatic hydroxyl groups is 1. The average molecular weight is 369 g/mol. The molecule has 0 spiro atoms. The van der Waals surface area contributed by atoms with Crippen LogP contribution in [0.4, 0.5) is 5.69 Å². The highest BCUT2D eigenvalue weighted by Gasteiger charge is 2.26. The lowest BCUT2D eigenvalue weighted by atomic mass is 10.1. The van der Waals surface area contributed by atoms with Crippen LogP contribution >= 0.6 is 11.3 Å². The monoisotopic (exact) mass is 369 g/mol. The fourth-order valence-electron chi connectivity index (χ4n) is 2.26. The third-order valence-corrected chi connectivity index (χ3v) is 6.02. The molecule has 7 nitrogen and oxygen atoms in total. The van der Waals surface area contributed by atoms with Gasteiger partial charge in [0.1, 0.15) is 4.21 Å². The van der Waals surface area contributed by atoms with E-state index in [-0.39, 0.29) is 23.3 Å². The van der Waals surface area contributed by atoms with Crippen molar-refractivity contribution in [2.75, 3.05) is 25.2 Å². The summed E-state index contributed by atoms with van der Waals surface area (Å²) in [6.07, 6.45) is 3.04. The zero-order valence-electron chi connectivity index (χ0n) is 12.7. The lowest BCUT2D eigenvalue weighted by Gasteiger charge is -2.15. The number of sulfonamides is 1. The van der Waals surface area contributed by atoms with E-state index in [0.717, 1.165) is 11.3 Å². The highest BCUT2D eigenvalue weighted by molar-refractivity contribution is 7.94. The lowest BCUT2D eigenvalue weighted by Crippen LogP contribution is -2.12. The maximum atomic E-state index is 12.5. The van der Waals surface area contributed by atoms with Gasteiger partial charge in [0.2, 0.25) is 12.5 Å². The van der Waals surface area contributed by atoms with Crippen LogP contribution in [-0.4, -0.2) is 34.0 Å². The van der Waals surface area contributed by atoms with Crippen molar-refractivity contribution >= 4 is 33.1 Å². The molecule has 2 aromatic rings. The fourth-order valence-corrected chi connectivity index (χ4v) is 4.32. The summed E-state index contributed by atoms with van der Waals surface area (Å²) in [4.78, 5) is 0. The average Bonchev–Trinajstić information content (AvgIpc) is 3.23. The minimum atomic E-state index is -3.74. The Kier molecular flexibility index (Phi) is 4.65. The van der Waals surface area contributed by atoms with Gasteiger partial charge in [-0.2, -0.15) is 0 Å². The van der Waals surface area contributed by atoms with E-state index in [4.69, 9.17) is 19.3 Å². The van der Waals surface area contributed by atoms with Crippen LogP contribution in [0.5, 0.6) is 17.2 Å². The number of hydrogen-bond acceptors (Lipinski definition) is 7. The van der Waals surface area contributed by atoms with Gasteiger partial charge in [-0.1, -0.05) is 18.2 Å². The number of nitrogens with one attached hydrogen (secondary N) is 1. The Morgan fingerprint density at radius 1 is 1.46 bits per heavy atom. The SMILES string of the molecule is COc1c(C=CCO)c(NS(=O)(=O)c2cccs2)cc2c1OCO2. The van der Waals surface area contributed by atoms with Crippen LogP contribution in [-0.2, 0) is 10.0 Å². The van der Waals surface area contributed by atoms with Gasteiger partial charge >= 0.3 is 0 Å². The van der Waals surface area contributed by atoms with Gasteiger partial charge in [-0.05, 0) is 11.4 Å². The van der Waals surface area contributed by atoms with Crippen molar-refractivity contribution in [1.82, 2.24) is 0 Å². The fraction of sp³-hybridized carbons (Fsp3) is 0.200. The first-order valence-corrected chi connectivity index (χ1v) is 9.27. The van der Waals surface area contributed by atoms with Gasteiger partial charge in [0.25, 0.3) is 10.0 Å². The van der Waals surface area contributed by atoms with E-state index >= 15 is 0 Å². The van der Waals surface area contributed by atoms with Crippen molar-refractivity contribution in [2.24, 2.45) is 0 Å². The Balaban J connectivity index is 2.11. The molecule has 0 unspecified atom stereocenters. The molecule has 1 aliphatic rings. The van der Waals surface area contributed by atoms with Gasteiger partial charge < -0.3 is 19.3 Å². The predicted molar refractivity (Wildman–Crippen MR) is 90.4 cm³/mol. The summed E-state index contributed by atoms with van der Waals surface area (Å²) < 4.78 is 43.8. The van der Waals surface area contributed by atoms with Crippen LogP contribution in [0.3, 0.4) is 0 Å². The molecule has 0 atom stereocenters. The molecule has 1 aromatic heterocycles. The molecule has 0 bridgehead atoms. The number of rotatable bonds is 6. The summed E-state index contributed by atoms with van der Waals surface area (Å²) in [5, 5.41) is 10.7. The number of methoxy groups -OCH3 is 1. The highest BCUT2D eigenvalue weighted by atomic mass is 32.2.